The summed E-state index contributed by atoms with van der Waals surface area (Å²) in [6.45, 7) is 2.86. The Kier molecular flexibility index (Phi) is 4.83. The van der Waals surface area contributed by atoms with Crippen LogP contribution in [0.3, 0.4) is 0 Å². The van der Waals surface area contributed by atoms with Crippen molar-refractivity contribution in [1.29, 1.82) is 0 Å². The second-order valence-corrected chi connectivity index (χ2v) is 6.61. The van der Waals surface area contributed by atoms with E-state index in [4.69, 9.17) is 0 Å². The molecular formula is C18H23N3O3. The van der Waals surface area contributed by atoms with Crippen molar-refractivity contribution in [1.82, 2.24) is 10.2 Å². The van der Waals surface area contributed by atoms with Gasteiger partial charge in [-0.15, -0.1) is 0 Å². The fourth-order valence-electron chi connectivity index (χ4n) is 3.04. The van der Waals surface area contributed by atoms with Gasteiger partial charge in [-0.2, -0.15) is 0 Å². The zero-order valence-electron chi connectivity index (χ0n) is 13.9. The van der Waals surface area contributed by atoms with Gasteiger partial charge in [0.1, 0.15) is 0 Å². The van der Waals surface area contributed by atoms with Gasteiger partial charge in [-0.25, -0.2) is 0 Å². The Labute approximate surface area is 141 Å². The lowest BCUT2D eigenvalue weighted by Gasteiger charge is -2.32. The summed E-state index contributed by atoms with van der Waals surface area (Å²) in [6, 6.07) is 6.98. The van der Waals surface area contributed by atoms with Gasteiger partial charge in [0.25, 0.3) is 5.91 Å². The molecule has 24 heavy (non-hydrogen) atoms. The van der Waals surface area contributed by atoms with Crippen LogP contribution in [-0.2, 0) is 9.59 Å². The van der Waals surface area contributed by atoms with E-state index in [0.717, 1.165) is 25.7 Å². The minimum Gasteiger partial charge on any atom is -0.349 e. The summed E-state index contributed by atoms with van der Waals surface area (Å²) in [7, 11) is 0. The SMILES string of the molecule is CC(=O)Nc1cccc(C(=O)NC2CCN(C(=O)C3CC3)CC2)c1. The molecule has 1 aliphatic carbocycles. The number of rotatable bonds is 4. The highest BCUT2D eigenvalue weighted by Gasteiger charge is 2.35. The third-order valence-electron chi connectivity index (χ3n) is 4.51. The summed E-state index contributed by atoms with van der Waals surface area (Å²) in [4.78, 5) is 37.5. The first-order valence-corrected chi connectivity index (χ1v) is 8.50. The van der Waals surface area contributed by atoms with E-state index in [1.807, 2.05) is 4.90 Å². The van der Waals surface area contributed by atoms with Crippen LogP contribution < -0.4 is 10.6 Å². The number of anilines is 1. The third kappa shape index (κ3) is 4.13. The second-order valence-electron chi connectivity index (χ2n) is 6.61. The summed E-state index contributed by atoms with van der Waals surface area (Å²) in [5.41, 5.74) is 1.14. The molecule has 1 saturated heterocycles. The Morgan fingerprint density at radius 2 is 1.79 bits per heavy atom. The molecule has 0 spiro atoms. The molecular weight excluding hydrogens is 306 g/mol. The maximum Gasteiger partial charge on any atom is 0.251 e. The van der Waals surface area contributed by atoms with Crippen molar-refractivity contribution >= 4 is 23.4 Å². The van der Waals surface area contributed by atoms with E-state index < -0.39 is 0 Å². The summed E-state index contributed by atoms with van der Waals surface area (Å²) in [5.74, 6) is 0.227. The predicted octanol–water partition coefficient (Wildman–Crippen LogP) is 1.78. The van der Waals surface area contributed by atoms with Gasteiger partial charge in [0.05, 0.1) is 0 Å². The second kappa shape index (κ2) is 7.03. The molecule has 0 aromatic heterocycles. The first-order valence-electron chi connectivity index (χ1n) is 8.50. The number of piperidine rings is 1. The van der Waals surface area contributed by atoms with Crippen molar-refractivity contribution in [3.63, 3.8) is 0 Å². The highest BCUT2D eigenvalue weighted by atomic mass is 16.2. The summed E-state index contributed by atoms with van der Waals surface area (Å²) in [6.07, 6.45) is 3.63. The zero-order valence-corrected chi connectivity index (χ0v) is 13.9. The molecule has 2 fully saturated rings. The van der Waals surface area contributed by atoms with Crippen LogP contribution in [0.1, 0.15) is 43.0 Å². The van der Waals surface area contributed by atoms with E-state index in [0.29, 0.717) is 24.3 Å². The Bertz CT molecular complexity index is 647. The molecule has 3 amide bonds. The Balaban J connectivity index is 1.52. The minimum atomic E-state index is -0.166. The predicted molar refractivity (Wildman–Crippen MR) is 90.5 cm³/mol. The number of amides is 3. The van der Waals surface area contributed by atoms with Crippen LogP contribution >= 0.6 is 0 Å². The van der Waals surface area contributed by atoms with Gasteiger partial charge in [-0.1, -0.05) is 6.07 Å². The molecule has 0 atom stereocenters. The number of nitrogens with one attached hydrogen (secondary N) is 2. The molecule has 1 aromatic rings. The molecule has 3 rings (SSSR count). The van der Waals surface area contributed by atoms with E-state index >= 15 is 0 Å². The highest BCUT2D eigenvalue weighted by Crippen LogP contribution is 2.31. The normalized spacial score (nSPS) is 18.1. The molecule has 6 nitrogen and oxygen atoms in total. The lowest BCUT2D eigenvalue weighted by Crippen LogP contribution is -2.47. The molecule has 128 valence electrons. The number of nitrogens with zero attached hydrogens (tertiary/aromatic N) is 1. The summed E-state index contributed by atoms with van der Waals surface area (Å²) >= 11 is 0. The summed E-state index contributed by atoms with van der Waals surface area (Å²) in [5, 5.41) is 5.71. The van der Waals surface area contributed by atoms with Crippen molar-refractivity contribution < 1.29 is 14.4 Å². The van der Waals surface area contributed by atoms with Gasteiger partial charge in [0, 0.05) is 43.2 Å². The first-order chi connectivity index (χ1) is 11.5. The van der Waals surface area contributed by atoms with Gasteiger partial charge < -0.3 is 15.5 Å². The van der Waals surface area contributed by atoms with Crippen molar-refractivity contribution in [2.45, 2.75) is 38.6 Å². The molecule has 1 heterocycles. The van der Waals surface area contributed by atoms with Crippen LogP contribution in [0.2, 0.25) is 0 Å². The molecule has 2 aliphatic rings. The van der Waals surface area contributed by atoms with Crippen molar-refractivity contribution in [2.75, 3.05) is 18.4 Å². The topological polar surface area (TPSA) is 78.5 Å². The quantitative estimate of drug-likeness (QED) is 0.884. The minimum absolute atomic E-state index is 0.0881. The number of hydrogen-bond donors (Lipinski definition) is 2. The molecule has 1 aromatic carbocycles. The average molecular weight is 329 g/mol. The van der Waals surface area contributed by atoms with Gasteiger partial charge in [0.15, 0.2) is 0 Å². The fourth-order valence-corrected chi connectivity index (χ4v) is 3.04. The number of likely N-dealkylation sites (tertiary alicyclic amines) is 1. The van der Waals surface area contributed by atoms with E-state index in [9.17, 15) is 14.4 Å². The Hall–Kier alpha value is -2.37. The van der Waals surface area contributed by atoms with Gasteiger partial charge in [-0.3, -0.25) is 14.4 Å². The number of benzene rings is 1. The Morgan fingerprint density at radius 1 is 1.08 bits per heavy atom. The molecule has 1 aliphatic heterocycles. The van der Waals surface area contributed by atoms with Crippen LogP contribution in [-0.4, -0.2) is 41.8 Å². The maximum atomic E-state index is 12.4. The number of hydrogen-bond acceptors (Lipinski definition) is 3. The highest BCUT2D eigenvalue weighted by molar-refractivity contribution is 5.97. The van der Waals surface area contributed by atoms with Crippen molar-refractivity contribution in [3.8, 4) is 0 Å². The Morgan fingerprint density at radius 3 is 2.42 bits per heavy atom. The van der Waals surface area contributed by atoms with Crippen LogP contribution in [0.25, 0.3) is 0 Å². The van der Waals surface area contributed by atoms with E-state index in [1.165, 1.54) is 6.92 Å². The van der Waals surface area contributed by atoms with Crippen LogP contribution in [0.15, 0.2) is 24.3 Å². The molecule has 0 unspecified atom stereocenters. The average Bonchev–Trinajstić information content (AvgIpc) is 3.39. The largest absolute Gasteiger partial charge is 0.349 e. The zero-order chi connectivity index (χ0) is 17.1. The smallest absolute Gasteiger partial charge is 0.251 e. The monoisotopic (exact) mass is 329 g/mol. The van der Waals surface area contributed by atoms with Crippen LogP contribution in [0.5, 0.6) is 0 Å². The van der Waals surface area contributed by atoms with Gasteiger partial charge >= 0.3 is 0 Å². The van der Waals surface area contributed by atoms with E-state index in [-0.39, 0.29) is 29.7 Å². The van der Waals surface area contributed by atoms with Gasteiger partial charge in [-0.05, 0) is 43.9 Å². The van der Waals surface area contributed by atoms with Crippen LogP contribution in [0, 0.1) is 5.92 Å². The van der Waals surface area contributed by atoms with Gasteiger partial charge in [0.2, 0.25) is 11.8 Å². The molecule has 2 N–H and O–H groups in total. The lowest BCUT2D eigenvalue weighted by molar-refractivity contribution is -0.133. The lowest BCUT2D eigenvalue weighted by atomic mass is 10.0. The molecule has 0 bridgehead atoms. The van der Waals surface area contributed by atoms with E-state index in [1.54, 1.807) is 24.3 Å². The van der Waals surface area contributed by atoms with Crippen LogP contribution in [0.4, 0.5) is 5.69 Å². The standard InChI is InChI=1S/C18H23N3O3/c1-12(22)19-16-4-2-3-14(11-16)17(23)20-15-7-9-21(10-8-15)18(24)13-5-6-13/h2-4,11,13,15H,5-10H2,1H3,(H,19,22)(H,20,23). The third-order valence-corrected chi connectivity index (χ3v) is 4.51. The first kappa shape index (κ1) is 16.5. The number of carbonyl (C=O) groups excluding carboxylic acids is 3. The van der Waals surface area contributed by atoms with Crippen molar-refractivity contribution in [3.05, 3.63) is 29.8 Å². The maximum absolute atomic E-state index is 12.4. The number of carbonyl (C=O) groups is 3. The molecule has 1 saturated carbocycles. The van der Waals surface area contributed by atoms with E-state index in [2.05, 4.69) is 10.6 Å². The summed E-state index contributed by atoms with van der Waals surface area (Å²) < 4.78 is 0. The van der Waals surface area contributed by atoms with Crippen molar-refractivity contribution in [2.24, 2.45) is 5.92 Å². The molecule has 6 heteroatoms. The fraction of sp³-hybridized carbons (Fsp3) is 0.500. The molecule has 0 radical (unpaired) electrons.